The topological polar surface area (TPSA) is 103 Å². The maximum absolute atomic E-state index is 16.4. The maximum Gasteiger partial charge on any atom is 0.319 e. The molecule has 40 heavy (non-hydrogen) atoms. The van der Waals surface area contributed by atoms with E-state index in [9.17, 15) is 9.65 Å². The molecule has 4 aliphatic rings. The van der Waals surface area contributed by atoms with Gasteiger partial charge in [0.25, 0.3) is 0 Å². The third-order valence-electron chi connectivity index (χ3n) is 9.03. The molecule has 2 bridgehead atoms. The number of fused-ring (bicyclic) bond motifs is 4. The molecule has 7 rings (SSSR count). The minimum atomic E-state index is -0.882. The van der Waals surface area contributed by atoms with Gasteiger partial charge < -0.3 is 20.7 Å². The van der Waals surface area contributed by atoms with Crippen molar-refractivity contribution in [1.82, 2.24) is 20.2 Å². The summed E-state index contributed by atoms with van der Waals surface area (Å²) in [6.07, 6.45) is 3.55. The second-order valence-corrected chi connectivity index (χ2v) is 12.0. The van der Waals surface area contributed by atoms with Gasteiger partial charge in [-0.2, -0.15) is 15.2 Å². The molecule has 8 nitrogen and oxygen atoms in total. The largest absolute Gasteiger partial charge is 0.461 e. The van der Waals surface area contributed by atoms with Crippen molar-refractivity contribution in [2.24, 2.45) is 0 Å². The van der Waals surface area contributed by atoms with E-state index in [-0.39, 0.29) is 39.8 Å². The lowest BCUT2D eigenvalue weighted by atomic mass is 9.95. The van der Waals surface area contributed by atoms with Gasteiger partial charge in [-0.1, -0.05) is 17.7 Å². The number of nitrogens with zero attached hydrogens (tertiary/aromatic N) is 5. The monoisotopic (exact) mass is 565 g/mol. The van der Waals surface area contributed by atoms with Crippen LogP contribution in [0.25, 0.3) is 22.0 Å². The van der Waals surface area contributed by atoms with Crippen LogP contribution in [0.1, 0.15) is 37.7 Å². The van der Waals surface area contributed by atoms with Crippen LogP contribution in [0.4, 0.5) is 20.3 Å². The zero-order valence-electron chi connectivity index (χ0n) is 22.0. The molecule has 0 saturated carbocycles. The van der Waals surface area contributed by atoms with Crippen LogP contribution in [0, 0.1) is 17.1 Å². The summed E-state index contributed by atoms with van der Waals surface area (Å²) < 4.78 is 37.0. The van der Waals surface area contributed by atoms with Crippen molar-refractivity contribution in [2.75, 3.05) is 43.4 Å². The van der Waals surface area contributed by atoms with Crippen LogP contribution in [0.5, 0.6) is 6.01 Å². The molecular formula is C29H30ClF2N7O. The predicted molar refractivity (Wildman–Crippen MR) is 150 cm³/mol. The van der Waals surface area contributed by atoms with Crippen LogP contribution in [0.2, 0.25) is 5.02 Å². The highest BCUT2D eigenvalue weighted by molar-refractivity contribution is 6.32. The maximum atomic E-state index is 16.4. The van der Waals surface area contributed by atoms with Gasteiger partial charge in [-0.05, 0) is 50.4 Å². The van der Waals surface area contributed by atoms with Crippen LogP contribution in [0.3, 0.4) is 0 Å². The first-order valence-corrected chi connectivity index (χ1v) is 14.2. The van der Waals surface area contributed by atoms with Gasteiger partial charge in [0.05, 0.1) is 16.1 Å². The number of hydrogen-bond donors (Lipinski definition) is 2. The Morgan fingerprint density at radius 1 is 1.18 bits per heavy atom. The Balaban J connectivity index is 1.33. The predicted octanol–water partition coefficient (Wildman–Crippen LogP) is 4.44. The standard InChI is InChI=1S/C29H30ClF2N7O/c30-24-9-17(34)8-22(23(24)11-33)20-4-5-21-26(25(20)32)36-28(37-27(21)38-13-18-2-3-19(14-38)35-18)40-15-29-6-1-7-39(29)12-16(31)10-29/h4-5,8-9,16,18-19,35H,1-3,6-7,10,12-15,34H2/t16-,18-,19+,29+/m1/s1. The number of nitrogens with two attached hydrogens (primary N) is 1. The molecule has 4 saturated heterocycles. The Hall–Kier alpha value is -3.26. The lowest BCUT2D eigenvalue weighted by Gasteiger charge is -2.34. The molecule has 208 valence electrons. The summed E-state index contributed by atoms with van der Waals surface area (Å²) in [5.41, 5.74) is 6.66. The number of nitrogens with one attached hydrogen (secondary N) is 1. The van der Waals surface area contributed by atoms with Gasteiger partial charge in [0.2, 0.25) is 0 Å². The number of hydrogen-bond acceptors (Lipinski definition) is 8. The molecule has 3 N–H and O–H groups in total. The highest BCUT2D eigenvalue weighted by Crippen LogP contribution is 2.41. The normalized spacial score (nSPS) is 27.8. The van der Waals surface area contributed by atoms with Crippen LogP contribution in [-0.2, 0) is 0 Å². The molecule has 5 heterocycles. The van der Waals surface area contributed by atoms with Gasteiger partial charge in [0, 0.05) is 60.3 Å². The first-order valence-electron chi connectivity index (χ1n) is 13.9. The average molecular weight is 566 g/mol. The zero-order chi connectivity index (χ0) is 27.6. The van der Waals surface area contributed by atoms with E-state index in [0.717, 1.165) is 45.3 Å². The third-order valence-corrected chi connectivity index (χ3v) is 9.33. The SMILES string of the molecule is N#Cc1c(Cl)cc(N)cc1-c1ccc2c(N3C[C@H]4CC[C@@H](C3)N4)nc(OC[C@@]34CCCN3C[C@H](F)C4)nc2c1F. The molecule has 3 aromatic rings. The molecule has 4 aliphatic heterocycles. The van der Waals surface area contributed by atoms with Crippen molar-refractivity contribution >= 4 is 34.0 Å². The van der Waals surface area contributed by atoms with Crippen LogP contribution >= 0.6 is 11.6 Å². The molecule has 1 aromatic heterocycles. The van der Waals surface area contributed by atoms with Crippen LogP contribution in [-0.4, -0.2) is 71.4 Å². The highest BCUT2D eigenvalue weighted by Gasteiger charge is 2.49. The summed E-state index contributed by atoms with van der Waals surface area (Å²) in [5, 5.41) is 14.1. The summed E-state index contributed by atoms with van der Waals surface area (Å²) in [4.78, 5) is 13.7. The molecule has 2 aromatic carbocycles. The van der Waals surface area contributed by atoms with Gasteiger partial charge in [-0.3, -0.25) is 4.90 Å². The number of alkyl halides is 1. The number of piperazine rings is 1. The van der Waals surface area contributed by atoms with E-state index in [1.165, 1.54) is 6.07 Å². The van der Waals surface area contributed by atoms with E-state index >= 15 is 4.39 Å². The number of nitrogen functional groups attached to an aromatic ring is 1. The average Bonchev–Trinajstić information content (AvgIpc) is 3.57. The molecule has 0 spiro atoms. The smallest absolute Gasteiger partial charge is 0.319 e. The van der Waals surface area contributed by atoms with Crippen LogP contribution in [0.15, 0.2) is 24.3 Å². The molecule has 4 atom stereocenters. The number of halogens is 3. The van der Waals surface area contributed by atoms with Crippen molar-refractivity contribution in [3.63, 3.8) is 0 Å². The Labute approximate surface area is 236 Å². The van der Waals surface area contributed by atoms with Gasteiger partial charge in [-0.25, -0.2) is 8.78 Å². The third kappa shape index (κ3) is 4.23. The number of benzene rings is 2. The van der Waals surface area contributed by atoms with Crippen molar-refractivity contribution < 1.29 is 13.5 Å². The van der Waals surface area contributed by atoms with Gasteiger partial charge >= 0.3 is 6.01 Å². The fraction of sp³-hybridized carbons (Fsp3) is 0.483. The first-order chi connectivity index (χ1) is 19.3. The van der Waals surface area contributed by atoms with Gasteiger partial charge in [-0.15, -0.1) is 0 Å². The molecule has 0 unspecified atom stereocenters. The van der Waals surface area contributed by atoms with E-state index in [2.05, 4.69) is 26.2 Å². The molecule has 0 amide bonds. The zero-order valence-corrected chi connectivity index (χ0v) is 22.7. The number of anilines is 2. The lowest BCUT2D eigenvalue weighted by molar-refractivity contribution is 0.107. The van der Waals surface area contributed by atoms with E-state index in [4.69, 9.17) is 27.1 Å². The Morgan fingerprint density at radius 2 is 1.98 bits per heavy atom. The fourth-order valence-electron chi connectivity index (χ4n) is 7.21. The quantitative estimate of drug-likeness (QED) is 0.438. The lowest BCUT2D eigenvalue weighted by Crippen LogP contribution is -2.51. The van der Waals surface area contributed by atoms with E-state index in [1.54, 1.807) is 18.2 Å². The summed E-state index contributed by atoms with van der Waals surface area (Å²) in [6.45, 7) is 3.00. The highest BCUT2D eigenvalue weighted by atomic mass is 35.5. The number of nitriles is 1. The van der Waals surface area contributed by atoms with Gasteiger partial charge in [0.15, 0.2) is 5.82 Å². The van der Waals surface area contributed by atoms with Crippen LogP contribution < -0.4 is 20.7 Å². The second kappa shape index (κ2) is 9.68. The Kier molecular flexibility index (Phi) is 6.22. The summed E-state index contributed by atoms with van der Waals surface area (Å²) in [7, 11) is 0. The van der Waals surface area contributed by atoms with Crippen molar-refractivity contribution in [3.05, 3.63) is 40.7 Å². The molecule has 0 radical (unpaired) electrons. The Morgan fingerprint density at radius 3 is 2.75 bits per heavy atom. The molecule has 0 aliphatic carbocycles. The summed E-state index contributed by atoms with van der Waals surface area (Å²) in [6, 6.07) is 9.26. The van der Waals surface area contributed by atoms with Crippen molar-refractivity contribution in [3.8, 4) is 23.2 Å². The number of aromatic nitrogens is 2. The fourth-order valence-corrected chi connectivity index (χ4v) is 7.48. The summed E-state index contributed by atoms with van der Waals surface area (Å²) in [5.74, 6) is 0.0122. The second-order valence-electron chi connectivity index (χ2n) is 11.6. The molecular weight excluding hydrogens is 536 g/mol. The van der Waals surface area contributed by atoms with E-state index in [1.807, 2.05) is 0 Å². The first kappa shape index (κ1) is 25.7. The van der Waals surface area contributed by atoms with E-state index < -0.39 is 12.0 Å². The minimum absolute atomic E-state index is 0.0686. The molecule has 4 fully saturated rings. The molecule has 11 heteroatoms. The van der Waals surface area contributed by atoms with Gasteiger partial charge in [0.1, 0.15) is 30.2 Å². The number of ether oxygens (including phenoxy) is 1. The van der Waals surface area contributed by atoms with Crippen molar-refractivity contribution in [2.45, 2.75) is 55.9 Å². The van der Waals surface area contributed by atoms with Crippen molar-refractivity contribution in [1.29, 1.82) is 5.26 Å². The Bertz CT molecular complexity index is 1540. The minimum Gasteiger partial charge on any atom is -0.461 e. The summed E-state index contributed by atoms with van der Waals surface area (Å²) >= 11 is 6.28. The number of rotatable bonds is 5. The van der Waals surface area contributed by atoms with E-state index in [0.29, 0.717) is 47.5 Å².